The second-order valence-electron chi connectivity index (χ2n) is 4.18. The van der Waals surface area contributed by atoms with Gasteiger partial charge in [-0.05, 0) is 37.2 Å². The number of hydrogen-bond donors (Lipinski definition) is 1. The van der Waals surface area contributed by atoms with Crippen molar-refractivity contribution in [1.82, 2.24) is 5.32 Å². The molecule has 19 heavy (non-hydrogen) atoms. The molecular formula is C13H16ClNO2S2. The van der Waals surface area contributed by atoms with Crippen molar-refractivity contribution < 1.29 is 8.63 Å². The lowest BCUT2D eigenvalue weighted by Crippen LogP contribution is -2.23. The summed E-state index contributed by atoms with van der Waals surface area (Å²) in [5.41, 5.74) is 0. The van der Waals surface area contributed by atoms with Crippen molar-refractivity contribution in [3.05, 3.63) is 45.5 Å². The second kappa shape index (κ2) is 7.24. The largest absolute Gasteiger partial charge is 0.467 e. The Morgan fingerprint density at radius 1 is 1.47 bits per heavy atom. The summed E-state index contributed by atoms with van der Waals surface area (Å²) >= 11 is 7.53. The third-order valence-electron chi connectivity index (χ3n) is 2.66. The zero-order chi connectivity index (χ0) is 13.7. The van der Waals surface area contributed by atoms with Crippen molar-refractivity contribution in [2.24, 2.45) is 0 Å². The standard InChI is InChI=1S/C13H16ClNO2S2/c1-19(16)9-3-7-15-13(10-4-2-8-17-10)11-5-6-12(14)18-11/h2,4-6,8,13,15H,3,7,9H2,1H3. The van der Waals surface area contributed by atoms with E-state index in [1.807, 2.05) is 24.3 Å². The van der Waals surface area contributed by atoms with Crippen LogP contribution in [0.3, 0.4) is 0 Å². The Balaban J connectivity index is 2.01. The summed E-state index contributed by atoms with van der Waals surface area (Å²) in [6, 6.07) is 7.73. The molecule has 0 radical (unpaired) electrons. The molecule has 2 aromatic rings. The van der Waals surface area contributed by atoms with Crippen LogP contribution in [0, 0.1) is 0 Å². The molecule has 0 spiro atoms. The molecule has 0 amide bonds. The van der Waals surface area contributed by atoms with Gasteiger partial charge in [0.25, 0.3) is 0 Å². The normalized spacial score (nSPS) is 14.4. The van der Waals surface area contributed by atoms with E-state index in [-0.39, 0.29) is 6.04 Å². The van der Waals surface area contributed by atoms with Gasteiger partial charge in [-0.15, -0.1) is 11.3 Å². The van der Waals surface area contributed by atoms with Crippen molar-refractivity contribution in [3.8, 4) is 0 Å². The Morgan fingerprint density at radius 2 is 2.32 bits per heavy atom. The SMILES string of the molecule is CS(=O)CCCNC(c1ccco1)c1ccc(Cl)s1. The van der Waals surface area contributed by atoms with Crippen LogP contribution in [-0.2, 0) is 10.8 Å². The number of nitrogens with one attached hydrogen (secondary N) is 1. The molecule has 1 N–H and O–H groups in total. The Bertz CT molecular complexity index is 524. The third-order valence-corrected chi connectivity index (χ3v) is 4.82. The molecule has 0 aliphatic heterocycles. The number of hydrogen-bond acceptors (Lipinski definition) is 4. The molecule has 3 nitrogen and oxygen atoms in total. The van der Waals surface area contributed by atoms with E-state index < -0.39 is 10.8 Å². The van der Waals surface area contributed by atoms with Gasteiger partial charge in [0, 0.05) is 27.7 Å². The van der Waals surface area contributed by atoms with E-state index in [2.05, 4.69) is 5.32 Å². The van der Waals surface area contributed by atoms with Gasteiger partial charge in [-0.1, -0.05) is 11.6 Å². The topological polar surface area (TPSA) is 42.2 Å². The average Bonchev–Trinajstić information content (AvgIpc) is 3.00. The molecule has 0 fully saturated rings. The van der Waals surface area contributed by atoms with E-state index >= 15 is 0 Å². The number of furan rings is 1. The van der Waals surface area contributed by atoms with Gasteiger partial charge in [0.2, 0.25) is 0 Å². The summed E-state index contributed by atoms with van der Waals surface area (Å²) in [6.45, 7) is 0.792. The van der Waals surface area contributed by atoms with Gasteiger partial charge in [-0.2, -0.15) is 0 Å². The molecule has 104 valence electrons. The fourth-order valence-corrected chi connectivity index (χ4v) is 3.50. The molecule has 2 unspecified atom stereocenters. The van der Waals surface area contributed by atoms with E-state index in [1.54, 1.807) is 23.9 Å². The maximum atomic E-state index is 11.0. The molecule has 0 bridgehead atoms. The monoisotopic (exact) mass is 317 g/mol. The fraction of sp³-hybridized carbons (Fsp3) is 0.385. The molecule has 0 saturated heterocycles. The zero-order valence-electron chi connectivity index (χ0n) is 10.6. The Hall–Kier alpha value is -0.620. The quantitative estimate of drug-likeness (QED) is 0.795. The van der Waals surface area contributed by atoms with Crippen molar-refractivity contribution in [2.75, 3.05) is 18.6 Å². The first-order valence-electron chi connectivity index (χ1n) is 5.99. The second-order valence-corrected chi connectivity index (χ2v) is 7.48. The molecular weight excluding hydrogens is 302 g/mol. The maximum Gasteiger partial charge on any atom is 0.126 e. The van der Waals surface area contributed by atoms with Crippen LogP contribution in [0.5, 0.6) is 0 Å². The summed E-state index contributed by atoms with van der Waals surface area (Å²) in [5.74, 6) is 1.58. The van der Waals surface area contributed by atoms with Crippen molar-refractivity contribution in [1.29, 1.82) is 0 Å². The van der Waals surface area contributed by atoms with Gasteiger partial charge in [-0.25, -0.2) is 0 Å². The van der Waals surface area contributed by atoms with Crippen molar-refractivity contribution >= 4 is 33.7 Å². The van der Waals surface area contributed by atoms with Crippen molar-refractivity contribution in [3.63, 3.8) is 0 Å². The molecule has 2 rings (SSSR count). The van der Waals surface area contributed by atoms with E-state index in [1.165, 1.54) is 0 Å². The fourth-order valence-electron chi connectivity index (χ4n) is 1.80. The minimum absolute atomic E-state index is 0.0118. The molecule has 0 aromatic carbocycles. The summed E-state index contributed by atoms with van der Waals surface area (Å²) < 4.78 is 17.3. The van der Waals surface area contributed by atoms with E-state index in [0.29, 0.717) is 5.75 Å². The predicted molar refractivity (Wildman–Crippen MR) is 81.4 cm³/mol. The summed E-state index contributed by atoms with van der Waals surface area (Å²) in [4.78, 5) is 1.12. The van der Waals surface area contributed by atoms with Crippen LogP contribution in [0.25, 0.3) is 0 Å². The lowest BCUT2D eigenvalue weighted by Gasteiger charge is -2.14. The van der Waals surface area contributed by atoms with Gasteiger partial charge in [0.1, 0.15) is 11.8 Å². The van der Waals surface area contributed by atoms with Gasteiger partial charge < -0.3 is 9.73 Å². The molecule has 2 aromatic heterocycles. The summed E-state index contributed by atoms with van der Waals surface area (Å²) in [6.07, 6.45) is 4.27. The van der Waals surface area contributed by atoms with Gasteiger partial charge in [0.05, 0.1) is 10.6 Å². The van der Waals surface area contributed by atoms with Gasteiger partial charge >= 0.3 is 0 Å². The van der Waals surface area contributed by atoms with Crippen LogP contribution >= 0.6 is 22.9 Å². The Kier molecular flexibility index (Phi) is 5.63. The minimum Gasteiger partial charge on any atom is -0.467 e. The lowest BCUT2D eigenvalue weighted by atomic mass is 10.2. The van der Waals surface area contributed by atoms with Crippen LogP contribution in [0.4, 0.5) is 0 Å². The molecule has 2 heterocycles. The highest BCUT2D eigenvalue weighted by Crippen LogP contribution is 2.31. The first kappa shape index (κ1) is 14.8. The van der Waals surface area contributed by atoms with Crippen LogP contribution in [0.15, 0.2) is 34.9 Å². The molecule has 2 atom stereocenters. The predicted octanol–water partition coefficient (Wildman–Crippen LogP) is 3.44. The van der Waals surface area contributed by atoms with Crippen LogP contribution in [0.1, 0.15) is 23.1 Å². The first-order valence-corrected chi connectivity index (χ1v) is 8.91. The zero-order valence-corrected chi connectivity index (χ0v) is 13.0. The molecule has 0 saturated carbocycles. The Morgan fingerprint density at radius 3 is 2.89 bits per heavy atom. The third kappa shape index (κ3) is 4.45. The number of rotatable bonds is 7. The van der Waals surface area contributed by atoms with Crippen molar-refractivity contribution in [2.45, 2.75) is 12.5 Å². The molecule has 6 heteroatoms. The smallest absolute Gasteiger partial charge is 0.126 e. The average molecular weight is 318 g/mol. The van der Waals surface area contributed by atoms with Crippen LogP contribution in [-0.4, -0.2) is 22.8 Å². The van der Waals surface area contributed by atoms with Gasteiger partial charge in [-0.3, -0.25) is 4.21 Å². The van der Waals surface area contributed by atoms with E-state index in [9.17, 15) is 4.21 Å². The summed E-state index contributed by atoms with van der Waals surface area (Å²) in [5, 5.41) is 3.43. The van der Waals surface area contributed by atoms with E-state index in [4.69, 9.17) is 16.0 Å². The molecule has 0 aliphatic rings. The number of halogens is 1. The first-order chi connectivity index (χ1) is 9.16. The Labute approximate surface area is 124 Å². The molecule has 0 aliphatic carbocycles. The number of thiophene rings is 1. The highest BCUT2D eigenvalue weighted by Gasteiger charge is 2.18. The minimum atomic E-state index is -0.739. The highest BCUT2D eigenvalue weighted by atomic mass is 35.5. The van der Waals surface area contributed by atoms with Gasteiger partial charge in [0.15, 0.2) is 0 Å². The summed E-state index contributed by atoms with van der Waals surface area (Å²) in [7, 11) is -0.739. The maximum absolute atomic E-state index is 11.0. The highest BCUT2D eigenvalue weighted by molar-refractivity contribution is 7.84. The van der Waals surface area contributed by atoms with Crippen LogP contribution in [0.2, 0.25) is 4.34 Å². The van der Waals surface area contributed by atoms with E-state index in [0.717, 1.165) is 27.9 Å². The van der Waals surface area contributed by atoms with Crippen LogP contribution < -0.4 is 5.32 Å². The lowest BCUT2D eigenvalue weighted by molar-refractivity contribution is 0.450.